The number of halogens is 2. The Morgan fingerprint density at radius 2 is 1.87 bits per heavy atom. The first-order chi connectivity index (χ1) is 7.27. The zero-order valence-electron chi connectivity index (χ0n) is 7.72. The number of aromatic amines is 1. The lowest BCUT2D eigenvalue weighted by molar-refractivity contribution is 1.54. The summed E-state index contributed by atoms with van der Waals surface area (Å²) < 4.78 is 1.09. The van der Waals surface area contributed by atoms with E-state index in [4.69, 9.17) is 11.6 Å². The Balaban J connectivity index is 2.65. The summed E-state index contributed by atoms with van der Waals surface area (Å²) in [6.07, 6.45) is 0. The number of fused-ring (bicyclic) bond motifs is 3. The van der Waals surface area contributed by atoms with Crippen LogP contribution < -0.4 is 0 Å². The number of nitrogens with one attached hydrogen (secondary N) is 1. The van der Waals surface area contributed by atoms with Crippen molar-refractivity contribution in [1.29, 1.82) is 0 Å². The predicted molar refractivity (Wildman–Crippen MR) is 68.5 cm³/mol. The van der Waals surface area contributed by atoms with Gasteiger partial charge in [0.25, 0.3) is 0 Å². The molecule has 0 saturated heterocycles. The predicted octanol–water partition coefficient (Wildman–Crippen LogP) is 4.74. The highest BCUT2D eigenvalue weighted by Gasteiger charge is 2.08. The summed E-state index contributed by atoms with van der Waals surface area (Å²) >= 11 is 9.69. The fraction of sp³-hybridized carbons (Fsp3) is 0. The number of para-hydroxylation sites is 1. The monoisotopic (exact) mass is 279 g/mol. The number of benzene rings is 2. The molecule has 3 rings (SSSR count). The molecule has 0 atom stereocenters. The van der Waals surface area contributed by atoms with E-state index in [9.17, 15) is 0 Å². The molecule has 0 saturated carbocycles. The quantitative estimate of drug-likeness (QED) is 0.612. The second-order valence-electron chi connectivity index (χ2n) is 3.45. The fourth-order valence-corrected chi connectivity index (χ4v) is 2.70. The van der Waals surface area contributed by atoms with Crippen molar-refractivity contribution in [3.05, 3.63) is 45.9 Å². The van der Waals surface area contributed by atoms with Crippen LogP contribution in [0.3, 0.4) is 0 Å². The first kappa shape index (κ1) is 9.25. The average molecular weight is 281 g/mol. The van der Waals surface area contributed by atoms with Gasteiger partial charge in [-0.15, -0.1) is 0 Å². The molecule has 0 bridgehead atoms. The van der Waals surface area contributed by atoms with Crippen LogP contribution in [0.4, 0.5) is 0 Å². The number of hydrogen-bond acceptors (Lipinski definition) is 0. The summed E-state index contributed by atoms with van der Waals surface area (Å²) in [5.41, 5.74) is 2.11. The molecule has 0 radical (unpaired) electrons. The van der Waals surface area contributed by atoms with E-state index in [0.717, 1.165) is 25.9 Å². The fourth-order valence-electron chi connectivity index (χ4n) is 1.90. The molecule has 3 aromatic rings. The first-order valence-electron chi connectivity index (χ1n) is 4.62. The first-order valence-corrected chi connectivity index (χ1v) is 5.79. The third-order valence-corrected chi connectivity index (χ3v) is 3.53. The molecule has 0 aliphatic rings. The van der Waals surface area contributed by atoms with Gasteiger partial charge in [0.2, 0.25) is 0 Å². The van der Waals surface area contributed by atoms with Gasteiger partial charge in [0.05, 0.1) is 10.5 Å². The zero-order chi connectivity index (χ0) is 10.4. The standard InChI is InChI=1S/C12H7BrClN/c13-8-4-2-6-10-11(8)7-3-1-5-9(14)12(7)15-10/h1-6,15H. The molecule has 0 amide bonds. The van der Waals surface area contributed by atoms with E-state index in [1.807, 2.05) is 24.3 Å². The minimum Gasteiger partial charge on any atom is -0.353 e. The van der Waals surface area contributed by atoms with Gasteiger partial charge < -0.3 is 4.98 Å². The number of hydrogen-bond donors (Lipinski definition) is 1. The highest BCUT2D eigenvalue weighted by Crippen LogP contribution is 2.34. The van der Waals surface area contributed by atoms with Gasteiger partial charge >= 0.3 is 0 Å². The molecule has 1 N–H and O–H groups in total. The molecule has 74 valence electrons. The number of rotatable bonds is 0. The molecule has 1 nitrogen and oxygen atoms in total. The van der Waals surface area contributed by atoms with Gasteiger partial charge in [-0.05, 0) is 18.2 Å². The van der Waals surface area contributed by atoms with E-state index >= 15 is 0 Å². The lowest BCUT2D eigenvalue weighted by Crippen LogP contribution is -1.69. The van der Waals surface area contributed by atoms with Gasteiger partial charge in [-0.3, -0.25) is 0 Å². The average Bonchev–Trinajstić information content (AvgIpc) is 2.59. The van der Waals surface area contributed by atoms with Crippen molar-refractivity contribution >= 4 is 49.3 Å². The van der Waals surface area contributed by atoms with E-state index in [1.165, 1.54) is 5.39 Å². The van der Waals surface area contributed by atoms with Crippen LogP contribution in [0.2, 0.25) is 5.02 Å². The van der Waals surface area contributed by atoms with Crippen molar-refractivity contribution in [1.82, 2.24) is 4.98 Å². The summed E-state index contributed by atoms with van der Waals surface area (Å²) in [6, 6.07) is 12.0. The van der Waals surface area contributed by atoms with Crippen LogP contribution in [0.1, 0.15) is 0 Å². The van der Waals surface area contributed by atoms with Crippen molar-refractivity contribution in [2.24, 2.45) is 0 Å². The van der Waals surface area contributed by atoms with E-state index < -0.39 is 0 Å². The molecule has 1 aromatic heterocycles. The van der Waals surface area contributed by atoms with Crippen LogP contribution in [0.25, 0.3) is 21.8 Å². The van der Waals surface area contributed by atoms with Crippen LogP contribution in [0.15, 0.2) is 40.9 Å². The summed E-state index contributed by atoms with van der Waals surface area (Å²) in [7, 11) is 0. The second-order valence-corrected chi connectivity index (χ2v) is 4.71. The molecule has 0 aliphatic heterocycles. The highest BCUT2D eigenvalue weighted by atomic mass is 79.9. The van der Waals surface area contributed by atoms with E-state index in [2.05, 4.69) is 33.0 Å². The molecular weight excluding hydrogens is 273 g/mol. The third kappa shape index (κ3) is 1.29. The Hall–Kier alpha value is -0.990. The van der Waals surface area contributed by atoms with Gasteiger partial charge in [0.1, 0.15) is 0 Å². The maximum atomic E-state index is 6.13. The summed E-state index contributed by atoms with van der Waals surface area (Å²) in [6.45, 7) is 0. The number of aromatic nitrogens is 1. The van der Waals surface area contributed by atoms with Gasteiger partial charge in [0.15, 0.2) is 0 Å². The van der Waals surface area contributed by atoms with E-state index in [1.54, 1.807) is 0 Å². The highest BCUT2D eigenvalue weighted by molar-refractivity contribution is 9.10. The summed E-state index contributed by atoms with van der Waals surface area (Å²) in [4.78, 5) is 3.33. The summed E-state index contributed by atoms with van der Waals surface area (Å²) in [5, 5.41) is 3.11. The van der Waals surface area contributed by atoms with Crippen molar-refractivity contribution < 1.29 is 0 Å². The Bertz CT molecular complexity index is 657. The maximum absolute atomic E-state index is 6.13. The Labute approximate surface area is 100 Å². The molecule has 3 heteroatoms. The smallest absolute Gasteiger partial charge is 0.0654 e. The molecule has 0 fully saturated rings. The zero-order valence-corrected chi connectivity index (χ0v) is 10.1. The maximum Gasteiger partial charge on any atom is 0.0654 e. The molecule has 1 heterocycles. The third-order valence-electron chi connectivity index (χ3n) is 2.56. The van der Waals surface area contributed by atoms with Crippen molar-refractivity contribution in [3.8, 4) is 0 Å². The van der Waals surface area contributed by atoms with Crippen molar-refractivity contribution in [2.75, 3.05) is 0 Å². The Morgan fingerprint density at radius 3 is 2.73 bits per heavy atom. The van der Waals surface area contributed by atoms with Crippen LogP contribution in [-0.4, -0.2) is 4.98 Å². The van der Waals surface area contributed by atoms with Crippen molar-refractivity contribution in [2.45, 2.75) is 0 Å². The minimum atomic E-state index is 0.760. The lowest BCUT2D eigenvalue weighted by Gasteiger charge is -1.94. The van der Waals surface area contributed by atoms with Gasteiger partial charge in [-0.2, -0.15) is 0 Å². The molecule has 0 spiro atoms. The van der Waals surface area contributed by atoms with Gasteiger partial charge in [-0.1, -0.05) is 45.7 Å². The largest absolute Gasteiger partial charge is 0.353 e. The topological polar surface area (TPSA) is 15.8 Å². The molecule has 0 unspecified atom stereocenters. The Kier molecular flexibility index (Phi) is 2.01. The van der Waals surface area contributed by atoms with Crippen LogP contribution in [0, 0.1) is 0 Å². The Morgan fingerprint density at radius 1 is 1.07 bits per heavy atom. The number of H-pyrrole nitrogens is 1. The molecule has 0 aliphatic carbocycles. The molecule has 2 aromatic carbocycles. The minimum absolute atomic E-state index is 0.760. The van der Waals surface area contributed by atoms with Gasteiger partial charge in [-0.25, -0.2) is 0 Å². The van der Waals surface area contributed by atoms with Gasteiger partial charge in [0, 0.05) is 20.8 Å². The van der Waals surface area contributed by atoms with Crippen molar-refractivity contribution in [3.63, 3.8) is 0 Å². The SMILES string of the molecule is Clc1cccc2c1[nH]c1cccc(Br)c12. The molecule has 15 heavy (non-hydrogen) atoms. The lowest BCUT2D eigenvalue weighted by atomic mass is 10.1. The van der Waals surface area contributed by atoms with Crippen LogP contribution >= 0.6 is 27.5 Å². The second kappa shape index (κ2) is 3.26. The normalized spacial score (nSPS) is 11.3. The van der Waals surface area contributed by atoms with E-state index in [0.29, 0.717) is 0 Å². The summed E-state index contributed by atoms with van der Waals surface area (Å²) in [5.74, 6) is 0. The molecular formula is C12H7BrClN. The van der Waals surface area contributed by atoms with Crippen LogP contribution in [0.5, 0.6) is 0 Å². The van der Waals surface area contributed by atoms with E-state index in [-0.39, 0.29) is 0 Å². The van der Waals surface area contributed by atoms with Crippen LogP contribution in [-0.2, 0) is 0 Å².